The summed E-state index contributed by atoms with van der Waals surface area (Å²) in [6.45, 7) is 4.75. The summed E-state index contributed by atoms with van der Waals surface area (Å²) in [4.78, 5) is 35.4. The molecule has 0 aromatic rings. The van der Waals surface area contributed by atoms with Crippen LogP contribution in [0.4, 0.5) is 0 Å². The Labute approximate surface area is 154 Å². The van der Waals surface area contributed by atoms with Crippen molar-refractivity contribution in [3.05, 3.63) is 0 Å². The maximum absolute atomic E-state index is 12.2. The molecular weight excluding hydrogens is 336 g/mol. The van der Waals surface area contributed by atoms with Gasteiger partial charge < -0.3 is 14.2 Å². The minimum atomic E-state index is -0.728. The minimum absolute atomic E-state index is 0.260. The van der Waals surface area contributed by atoms with Crippen LogP contribution in [0.25, 0.3) is 0 Å². The summed E-state index contributed by atoms with van der Waals surface area (Å²) in [7, 11) is 0. The molecule has 4 aliphatic rings. The molecule has 6 nitrogen and oxygen atoms in total. The number of rotatable bonds is 7. The van der Waals surface area contributed by atoms with E-state index in [2.05, 4.69) is 0 Å². The summed E-state index contributed by atoms with van der Waals surface area (Å²) in [6, 6.07) is 0. The van der Waals surface area contributed by atoms with Crippen molar-refractivity contribution in [1.29, 1.82) is 0 Å². The molecule has 0 radical (unpaired) electrons. The first-order valence-corrected chi connectivity index (χ1v) is 9.85. The number of hydrogen-bond acceptors (Lipinski definition) is 6. The summed E-state index contributed by atoms with van der Waals surface area (Å²) >= 11 is 0. The fourth-order valence-corrected chi connectivity index (χ4v) is 5.18. The Hall–Kier alpha value is -1.59. The van der Waals surface area contributed by atoms with E-state index in [0.29, 0.717) is 18.3 Å². The molecule has 6 heteroatoms. The third-order valence-corrected chi connectivity index (χ3v) is 6.79. The Morgan fingerprint density at radius 3 is 2.00 bits per heavy atom. The van der Waals surface area contributed by atoms with Crippen molar-refractivity contribution in [3.8, 4) is 0 Å². The van der Waals surface area contributed by atoms with Gasteiger partial charge in [-0.15, -0.1) is 0 Å². The summed E-state index contributed by atoms with van der Waals surface area (Å²) in [5, 5.41) is 0. The molecule has 0 spiro atoms. The van der Waals surface area contributed by atoms with Gasteiger partial charge in [-0.05, 0) is 69.1 Å². The van der Waals surface area contributed by atoms with E-state index in [1.54, 1.807) is 6.92 Å². The molecule has 1 atom stereocenters. The van der Waals surface area contributed by atoms with E-state index >= 15 is 0 Å². The molecule has 0 heterocycles. The predicted octanol–water partition coefficient (Wildman–Crippen LogP) is 2.88. The van der Waals surface area contributed by atoms with E-state index in [1.807, 2.05) is 13.8 Å². The fraction of sp³-hybridized carbons (Fsp3) is 0.850. The lowest BCUT2D eigenvalue weighted by Gasteiger charge is -2.59. The number of carbonyl (C=O) groups excluding carboxylic acids is 3. The van der Waals surface area contributed by atoms with Gasteiger partial charge in [0.25, 0.3) is 0 Å². The topological polar surface area (TPSA) is 78.9 Å². The van der Waals surface area contributed by atoms with Gasteiger partial charge in [0.2, 0.25) is 0 Å². The SMILES string of the molecule is CCC(C)C(=O)OCC(=O)OCC(=O)OC1(C)C2CC3CC(C2)CC1C3. The Bertz CT molecular complexity index is 541. The van der Waals surface area contributed by atoms with E-state index in [4.69, 9.17) is 14.2 Å². The lowest BCUT2D eigenvalue weighted by Crippen LogP contribution is -2.58. The molecule has 4 bridgehead atoms. The normalized spacial score (nSPS) is 35.7. The van der Waals surface area contributed by atoms with Gasteiger partial charge in [0.05, 0.1) is 5.92 Å². The van der Waals surface area contributed by atoms with Crippen LogP contribution in [0.3, 0.4) is 0 Å². The molecule has 0 aromatic carbocycles. The van der Waals surface area contributed by atoms with Crippen molar-refractivity contribution in [2.45, 2.75) is 64.9 Å². The molecule has 1 unspecified atom stereocenters. The Morgan fingerprint density at radius 2 is 1.46 bits per heavy atom. The average molecular weight is 366 g/mol. The van der Waals surface area contributed by atoms with E-state index in [0.717, 1.165) is 37.5 Å². The second kappa shape index (κ2) is 7.57. The Balaban J connectivity index is 1.43. The molecule has 4 aliphatic carbocycles. The van der Waals surface area contributed by atoms with E-state index in [9.17, 15) is 14.4 Å². The summed E-state index contributed by atoms with van der Waals surface area (Å²) in [5.74, 6) is 0.502. The smallest absolute Gasteiger partial charge is 0.344 e. The highest BCUT2D eigenvalue weighted by molar-refractivity contribution is 5.80. The monoisotopic (exact) mass is 366 g/mol. The van der Waals surface area contributed by atoms with Crippen LogP contribution in [0, 0.1) is 29.6 Å². The molecule has 26 heavy (non-hydrogen) atoms. The average Bonchev–Trinajstić information content (AvgIpc) is 2.61. The van der Waals surface area contributed by atoms with Crippen molar-refractivity contribution in [2.24, 2.45) is 29.6 Å². The summed E-state index contributed by atoms with van der Waals surface area (Å²) in [5.41, 5.74) is -0.431. The Morgan fingerprint density at radius 1 is 0.923 bits per heavy atom. The van der Waals surface area contributed by atoms with Gasteiger partial charge in [0.1, 0.15) is 5.60 Å². The number of hydrogen-bond donors (Lipinski definition) is 0. The molecule has 4 fully saturated rings. The molecule has 4 rings (SSSR count). The zero-order chi connectivity index (χ0) is 18.9. The van der Waals surface area contributed by atoms with Gasteiger partial charge in [-0.1, -0.05) is 13.8 Å². The molecule has 4 saturated carbocycles. The van der Waals surface area contributed by atoms with Crippen molar-refractivity contribution >= 4 is 17.9 Å². The van der Waals surface area contributed by atoms with Gasteiger partial charge in [0.15, 0.2) is 13.2 Å². The van der Waals surface area contributed by atoms with Crippen LogP contribution in [0.2, 0.25) is 0 Å². The molecule has 0 aliphatic heterocycles. The molecular formula is C20H30O6. The maximum Gasteiger partial charge on any atom is 0.344 e. The molecule has 146 valence electrons. The third-order valence-electron chi connectivity index (χ3n) is 6.79. The third kappa shape index (κ3) is 3.89. The predicted molar refractivity (Wildman–Crippen MR) is 92.9 cm³/mol. The lowest BCUT2D eigenvalue weighted by atomic mass is 9.50. The zero-order valence-corrected chi connectivity index (χ0v) is 16.0. The quantitative estimate of drug-likeness (QED) is 0.509. The van der Waals surface area contributed by atoms with Crippen LogP contribution in [-0.2, 0) is 28.6 Å². The van der Waals surface area contributed by atoms with E-state index < -0.39 is 36.7 Å². The van der Waals surface area contributed by atoms with E-state index in [-0.39, 0.29) is 5.92 Å². The number of ether oxygens (including phenoxy) is 3. The molecule has 0 aromatic heterocycles. The summed E-state index contributed by atoms with van der Waals surface area (Å²) in [6.07, 6.45) is 6.54. The highest BCUT2D eigenvalue weighted by Gasteiger charge is 2.57. The Kier molecular flexibility index (Phi) is 5.58. The molecule has 0 amide bonds. The van der Waals surface area contributed by atoms with Gasteiger partial charge in [-0.25, -0.2) is 9.59 Å². The maximum atomic E-state index is 12.2. The standard InChI is InChI=1S/C20H30O6/c1-4-12(2)19(23)25-10-17(21)24-11-18(22)26-20(3)15-6-13-5-14(8-15)9-16(20)7-13/h12-16H,4-11H2,1-3H3. The van der Waals surface area contributed by atoms with Crippen LogP contribution in [-0.4, -0.2) is 36.7 Å². The van der Waals surface area contributed by atoms with Gasteiger partial charge in [-0.2, -0.15) is 0 Å². The minimum Gasteiger partial charge on any atom is -0.456 e. The van der Waals surface area contributed by atoms with Crippen molar-refractivity contribution in [2.75, 3.05) is 13.2 Å². The van der Waals surface area contributed by atoms with Gasteiger partial charge in [-0.3, -0.25) is 4.79 Å². The first kappa shape index (κ1) is 19.2. The van der Waals surface area contributed by atoms with Crippen molar-refractivity contribution in [1.82, 2.24) is 0 Å². The van der Waals surface area contributed by atoms with Crippen molar-refractivity contribution < 1.29 is 28.6 Å². The zero-order valence-electron chi connectivity index (χ0n) is 16.0. The molecule has 0 saturated heterocycles. The van der Waals surface area contributed by atoms with Gasteiger partial charge in [0, 0.05) is 0 Å². The van der Waals surface area contributed by atoms with Crippen LogP contribution >= 0.6 is 0 Å². The van der Waals surface area contributed by atoms with E-state index in [1.165, 1.54) is 6.42 Å². The van der Waals surface area contributed by atoms with Crippen LogP contribution in [0.15, 0.2) is 0 Å². The highest BCUT2D eigenvalue weighted by atomic mass is 16.6. The summed E-state index contributed by atoms with van der Waals surface area (Å²) < 4.78 is 15.6. The fourth-order valence-electron chi connectivity index (χ4n) is 5.18. The van der Waals surface area contributed by atoms with Crippen molar-refractivity contribution in [3.63, 3.8) is 0 Å². The second-order valence-electron chi connectivity index (χ2n) is 8.54. The van der Waals surface area contributed by atoms with Crippen LogP contribution < -0.4 is 0 Å². The first-order chi connectivity index (χ1) is 12.3. The largest absolute Gasteiger partial charge is 0.456 e. The second-order valence-corrected chi connectivity index (χ2v) is 8.54. The number of esters is 3. The van der Waals surface area contributed by atoms with Crippen LogP contribution in [0.5, 0.6) is 0 Å². The number of carbonyl (C=O) groups is 3. The van der Waals surface area contributed by atoms with Crippen LogP contribution in [0.1, 0.15) is 59.3 Å². The first-order valence-electron chi connectivity index (χ1n) is 9.85. The molecule has 0 N–H and O–H groups in total. The highest BCUT2D eigenvalue weighted by Crippen LogP contribution is 2.59. The van der Waals surface area contributed by atoms with Gasteiger partial charge >= 0.3 is 17.9 Å². The lowest BCUT2D eigenvalue weighted by molar-refractivity contribution is -0.207.